The van der Waals surface area contributed by atoms with E-state index in [0.29, 0.717) is 5.25 Å². The van der Waals surface area contributed by atoms with Gasteiger partial charge in [0.1, 0.15) is 12.3 Å². The molecule has 0 radical (unpaired) electrons. The number of hydrogen-bond donors (Lipinski definition) is 1. The average molecular weight is 312 g/mol. The minimum absolute atomic E-state index is 0.328. The molecule has 5 heteroatoms. The predicted octanol–water partition coefficient (Wildman–Crippen LogP) is 2.84. The second kappa shape index (κ2) is 6.66. The van der Waals surface area contributed by atoms with Crippen molar-refractivity contribution in [3.63, 3.8) is 0 Å². The maximum absolute atomic E-state index is 6.09. The summed E-state index contributed by atoms with van der Waals surface area (Å²) in [6, 6.07) is 18.1. The molecule has 0 saturated heterocycles. The molecule has 3 rings (SSSR count). The summed E-state index contributed by atoms with van der Waals surface area (Å²) in [5, 5.41) is 5.55. The molecule has 0 aromatic heterocycles. The molecule has 1 aliphatic heterocycles. The van der Waals surface area contributed by atoms with Crippen molar-refractivity contribution < 1.29 is 9.42 Å². The summed E-state index contributed by atoms with van der Waals surface area (Å²) in [6.07, 6.45) is 1.82. The number of benzene rings is 2. The lowest BCUT2D eigenvalue weighted by Crippen LogP contribution is -2.16. The highest BCUT2D eigenvalue weighted by molar-refractivity contribution is 8.13. The van der Waals surface area contributed by atoms with Gasteiger partial charge >= 0.3 is 5.17 Å². The number of methoxy groups -OCH3 is 1. The van der Waals surface area contributed by atoms with Crippen LogP contribution in [0.4, 0.5) is 0 Å². The lowest BCUT2D eigenvalue weighted by Gasteiger charge is -2.04. The molecule has 2 N–H and O–H groups in total. The van der Waals surface area contributed by atoms with E-state index in [2.05, 4.69) is 29.4 Å². The van der Waals surface area contributed by atoms with Crippen LogP contribution in [-0.4, -0.2) is 29.7 Å². The van der Waals surface area contributed by atoms with E-state index in [0.717, 1.165) is 23.0 Å². The monoisotopic (exact) mass is 312 g/mol. The van der Waals surface area contributed by atoms with Gasteiger partial charge < -0.3 is 4.74 Å². The first-order valence-electron chi connectivity index (χ1n) is 7.06. The molecule has 1 unspecified atom stereocenters. The van der Waals surface area contributed by atoms with E-state index >= 15 is 0 Å². The number of hydrogen-bond acceptors (Lipinski definition) is 4. The van der Waals surface area contributed by atoms with Gasteiger partial charge in [-0.2, -0.15) is 0 Å². The Kier molecular flexibility index (Phi) is 4.44. The van der Waals surface area contributed by atoms with Crippen LogP contribution < -0.4 is 10.5 Å². The molecule has 22 heavy (non-hydrogen) atoms. The molecule has 0 bridgehead atoms. The van der Waals surface area contributed by atoms with E-state index in [1.54, 1.807) is 18.9 Å². The van der Waals surface area contributed by atoms with Crippen molar-refractivity contribution >= 4 is 23.1 Å². The molecular formula is C17H18N3OS+. The number of amidine groups is 1. The first kappa shape index (κ1) is 14.7. The first-order chi connectivity index (χ1) is 10.8. The van der Waals surface area contributed by atoms with E-state index in [9.17, 15) is 0 Å². The molecule has 1 aliphatic rings. The molecule has 0 aliphatic carbocycles. The zero-order chi connectivity index (χ0) is 15.4. The summed E-state index contributed by atoms with van der Waals surface area (Å²) in [4.78, 5) is 0. The molecule has 4 nitrogen and oxygen atoms in total. The van der Waals surface area contributed by atoms with Gasteiger partial charge in [-0.05, 0) is 47.2 Å². The molecule has 0 amide bonds. The Morgan fingerprint density at radius 1 is 1.18 bits per heavy atom. The number of nitrogens with two attached hydrogens (primary N) is 1. The Morgan fingerprint density at radius 2 is 1.91 bits per heavy atom. The summed E-state index contributed by atoms with van der Waals surface area (Å²) in [5.41, 5.74) is 8.38. The number of ether oxygens (including phenoxy) is 1. The number of rotatable bonds is 4. The van der Waals surface area contributed by atoms with Gasteiger partial charge in [0.25, 0.3) is 0 Å². The van der Waals surface area contributed by atoms with Gasteiger partial charge in [0.2, 0.25) is 0 Å². The topological polar surface area (TPSA) is 50.6 Å². The number of nitrogens with zero attached hydrogens (tertiary/aromatic N) is 2. The van der Waals surface area contributed by atoms with Crippen molar-refractivity contribution in [1.82, 2.24) is 0 Å². The predicted molar refractivity (Wildman–Crippen MR) is 91.7 cm³/mol. The summed E-state index contributed by atoms with van der Waals surface area (Å²) < 4.78 is 7.00. The van der Waals surface area contributed by atoms with Crippen molar-refractivity contribution in [3.05, 3.63) is 65.7 Å². The fraction of sp³-hybridized carbons (Fsp3) is 0.176. The summed E-state index contributed by atoms with van der Waals surface area (Å²) in [5.74, 6) is 0.837. The van der Waals surface area contributed by atoms with Crippen LogP contribution >= 0.6 is 11.8 Å². The Balaban J connectivity index is 1.69. The molecule has 1 atom stereocenters. The van der Waals surface area contributed by atoms with E-state index in [1.807, 2.05) is 41.2 Å². The normalized spacial score (nSPS) is 18.1. The summed E-state index contributed by atoms with van der Waals surface area (Å²) in [7, 11) is 1.66. The molecule has 0 saturated carbocycles. The van der Waals surface area contributed by atoms with E-state index in [-0.39, 0.29) is 0 Å². The molecule has 0 spiro atoms. The van der Waals surface area contributed by atoms with E-state index in [4.69, 9.17) is 10.5 Å². The van der Waals surface area contributed by atoms with Crippen LogP contribution in [0.2, 0.25) is 0 Å². The number of thioether (sulfide) groups is 1. The van der Waals surface area contributed by atoms with Gasteiger partial charge in [-0.1, -0.05) is 35.4 Å². The van der Waals surface area contributed by atoms with Gasteiger partial charge in [0, 0.05) is 0 Å². The van der Waals surface area contributed by atoms with Crippen LogP contribution in [-0.2, 0) is 0 Å². The quantitative estimate of drug-likeness (QED) is 0.697. The highest BCUT2D eigenvalue weighted by atomic mass is 32.2. The van der Waals surface area contributed by atoms with Crippen LogP contribution in [0.25, 0.3) is 0 Å². The summed E-state index contributed by atoms with van der Waals surface area (Å²) >= 11 is 1.65. The van der Waals surface area contributed by atoms with E-state index in [1.165, 1.54) is 5.56 Å². The van der Waals surface area contributed by atoms with Crippen LogP contribution in [0.5, 0.6) is 5.75 Å². The first-order valence-corrected chi connectivity index (χ1v) is 7.94. The van der Waals surface area contributed by atoms with Gasteiger partial charge in [0.05, 0.1) is 18.6 Å². The lowest BCUT2D eigenvalue weighted by molar-refractivity contribution is -0.527. The van der Waals surface area contributed by atoms with Gasteiger partial charge in [-0.15, -0.1) is 4.68 Å². The Hall–Kier alpha value is -2.27. The fourth-order valence-corrected chi connectivity index (χ4v) is 3.31. The maximum atomic E-state index is 6.09. The lowest BCUT2D eigenvalue weighted by atomic mass is 10.1. The van der Waals surface area contributed by atoms with Crippen LogP contribution in [0.3, 0.4) is 0 Å². The van der Waals surface area contributed by atoms with Crippen LogP contribution in [0.1, 0.15) is 16.4 Å². The second-order valence-electron chi connectivity index (χ2n) is 4.96. The molecule has 1 heterocycles. The van der Waals surface area contributed by atoms with Crippen LogP contribution in [0, 0.1) is 0 Å². The zero-order valence-electron chi connectivity index (χ0n) is 12.3. The van der Waals surface area contributed by atoms with Gasteiger partial charge in [-0.25, -0.2) is 0 Å². The molecule has 2 aromatic rings. The van der Waals surface area contributed by atoms with Crippen molar-refractivity contribution in [2.75, 3.05) is 13.7 Å². The number of hydrazone groups is 1. The van der Waals surface area contributed by atoms with Gasteiger partial charge in [-0.3, -0.25) is 5.73 Å². The minimum Gasteiger partial charge on any atom is -0.497 e. The summed E-state index contributed by atoms with van der Waals surface area (Å²) in [6.45, 7) is 0.785. The molecular weight excluding hydrogens is 294 g/mol. The largest absolute Gasteiger partial charge is 0.497 e. The molecule has 0 fully saturated rings. The van der Waals surface area contributed by atoms with E-state index < -0.39 is 0 Å². The average Bonchev–Trinajstić information content (AvgIpc) is 2.95. The molecule has 2 aromatic carbocycles. The van der Waals surface area contributed by atoms with Crippen molar-refractivity contribution in [2.24, 2.45) is 10.8 Å². The van der Waals surface area contributed by atoms with Crippen molar-refractivity contribution in [2.45, 2.75) is 5.25 Å². The Labute approximate surface area is 134 Å². The highest BCUT2D eigenvalue weighted by Crippen LogP contribution is 2.33. The second-order valence-corrected chi connectivity index (χ2v) is 6.18. The fourth-order valence-electron chi connectivity index (χ4n) is 2.26. The van der Waals surface area contributed by atoms with Crippen molar-refractivity contribution in [3.8, 4) is 5.75 Å². The Morgan fingerprint density at radius 3 is 2.59 bits per heavy atom. The third kappa shape index (κ3) is 3.31. The molecule has 112 valence electrons. The SMILES string of the molecule is COc1ccc(C=N[N+]2=C(N)SC(c3ccccc3)C2)cc1. The minimum atomic E-state index is 0.328. The Bertz CT molecular complexity index is 696. The smallest absolute Gasteiger partial charge is 0.330 e. The maximum Gasteiger partial charge on any atom is 0.330 e. The third-order valence-corrected chi connectivity index (χ3v) is 4.65. The van der Waals surface area contributed by atoms with Crippen molar-refractivity contribution in [1.29, 1.82) is 0 Å². The van der Waals surface area contributed by atoms with Crippen LogP contribution in [0.15, 0.2) is 59.7 Å². The highest BCUT2D eigenvalue weighted by Gasteiger charge is 2.29. The third-order valence-electron chi connectivity index (χ3n) is 3.49. The van der Waals surface area contributed by atoms with Gasteiger partial charge in [0.15, 0.2) is 0 Å². The zero-order valence-corrected chi connectivity index (χ0v) is 13.2. The standard InChI is InChI=1S/C17H17N3OS/c1-21-15-9-7-13(8-10-15)11-19-20-12-16(22-17(20)18)14-5-3-2-4-6-14/h2-11,16,18H,12H2,1H3/p+1.